The Kier molecular flexibility index (Phi) is 5.35. The lowest BCUT2D eigenvalue weighted by atomic mass is 9.99. The van der Waals surface area contributed by atoms with Crippen LogP contribution in [-0.2, 0) is 11.7 Å². The minimum absolute atomic E-state index is 0. The van der Waals surface area contributed by atoms with E-state index in [2.05, 4.69) is 10.1 Å². The molecular formula is C16H17ClF3N3O. The van der Waals surface area contributed by atoms with Crippen molar-refractivity contribution in [3.8, 4) is 0 Å². The summed E-state index contributed by atoms with van der Waals surface area (Å²) in [6.45, 7) is 0. The molecule has 0 bridgehead atoms. The largest absolute Gasteiger partial charge is 0.416 e. The SMILES string of the molecule is Cl.NC1(c2noc(/C=C/c3cccc(C(F)(F)F)c3)n2)CCCC1. The van der Waals surface area contributed by atoms with Crippen molar-refractivity contribution in [2.75, 3.05) is 0 Å². The van der Waals surface area contributed by atoms with Crippen LogP contribution in [0.4, 0.5) is 13.2 Å². The third-order valence-corrected chi connectivity index (χ3v) is 4.02. The summed E-state index contributed by atoms with van der Waals surface area (Å²) in [5.41, 5.74) is 5.39. The summed E-state index contributed by atoms with van der Waals surface area (Å²) in [5, 5.41) is 3.90. The maximum absolute atomic E-state index is 12.7. The average Bonchev–Trinajstić information content (AvgIpc) is 3.14. The van der Waals surface area contributed by atoms with Gasteiger partial charge in [0.15, 0.2) is 5.82 Å². The Balaban J connectivity index is 0.00000208. The van der Waals surface area contributed by atoms with Crippen molar-refractivity contribution < 1.29 is 17.7 Å². The van der Waals surface area contributed by atoms with Crippen LogP contribution in [0, 0.1) is 0 Å². The van der Waals surface area contributed by atoms with Gasteiger partial charge in [-0.1, -0.05) is 30.1 Å². The fraction of sp³-hybridized carbons (Fsp3) is 0.375. The monoisotopic (exact) mass is 359 g/mol. The number of nitrogens with zero attached hydrogens (tertiary/aromatic N) is 2. The zero-order valence-corrected chi connectivity index (χ0v) is 13.5. The molecule has 0 atom stereocenters. The summed E-state index contributed by atoms with van der Waals surface area (Å²) in [6, 6.07) is 5.02. The van der Waals surface area contributed by atoms with Gasteiger partial charge in [0.05, 0.1) is 11.1 Å². The van der Waals surface area contributed by atoms with Crippen LogP contribution in [0.2, 0.25) is 0 Å². The summed E-state index contributed by atoms with van der Waals surface area (Å²) in [4.78, 5) is 4.24. The molecule has 130 valence electrons. The fourth-order valence-electron chi connectivity index (χ4n) is 2.72. The molecule has 0 aliphatic heterocycles. The van der Waals surface area contributed by atoms with E-state index in [1.165, 1.54) is 18.2 Å². The lowest BCUT2D eigenvalue weighted by molar-refractivity contribution is -0.137. The topological polar surface area (TPSA) is 64.9 Å². The van der Waals surface area contributed by atoms with Gasteiger partial charge < -0.3 is 10.3 Å². The Morgan fingerprint density at radius 2 is 1.88 bits per heavy atom. The first kappa shape index (κ1) is 18.5. The molecule has 24 heavy (non-hydrogen) atoms. The minimum Gasteiger partial charge on any atom is -0.335 e. The quantitative estimate of drug-likeness (QED) is 0.881. The van der Waals surface area contributed by atoms with Crippen molar-refractivity contribution in [3.63, 3.8) is 0 Å². The fourth-order valence-corrected chi connectivity index (χ4v) is 2.72. The molecule has 4 nitrogen and oxygen atoms in total. The molecule has 0 saturated heterocycles. The smallest absolute Gasteiger partial charge is 0.335 e. The van der Waals surface area contributed by atoms with Gasteiger partial charge in [-0.2, -0.15) is 18.2 Å². The van der Waals surface area contributed by atoms with Gasteiger partial charge in [-0.05, 0) is 36.6 Å². The van der Waals surface area contributed by atoms with Gasteiger partial charge >= 0.3 is 6.18 Å². The van der Waals surface area contributed by atoms with Crippen LogP contribution in [-0.4, -0.2) is 10.1 Å². The normalized spacial score (nSPS) is 17.2. The van der Waals surface area contributed by atoms with Gasteiger partial charge in [0.25, 0.3) is 5.89 Å². The third-order valence-electron chi connectivity index (χ3n) is 4.02. The van der Waals surface area contributed by atoms with Crippen LogP contribution in [0.1, 0.15) is 48.5 Å². The van der Waals surface area contributed by atoms with Crippen LogP contribution in [0.15, 0.2) is 28.8 Å². The molecule has 3 rings (SSSR count). The van der Waals surface area contributed by atoms with Gasteiger partial charge in [0.1, 0.15) is 0 Å². The number of aromatic nitrogens is 2. The number of hydrogen-bond donors (Lipinski definition) is 1. The van der Waals surface area contributed by atoms with E-state index in [1.807, 2.05) is 0 Å². The second-order valence-electron chi connectivity index (χ2n) is 5.78. The Morgan fingerprint density at radius 1 is 1.17 bits per heavy atom. The number of rotatable bonds is 3. The van der Waals surface area contributed by atoms with E-state index in [4.69, 9.17) is 10.3 Å². The van der Waals surface area contributed by atoms with Crippen LogP contribution < -0.4 is 5.73 Å². The molecule has 1 aliphatic rings. The second-order valence-corrected chi connectivity index (χ2v) is 5.78. The van der Waals surface area contributed by atoms with Gasteiger partial charge in [0, 0.05) is 6.08 Å². The van der Waals surface area contributed by atoms with E-state index in [0.29, 0.717) is 11.4 Å². The number of halogens is 4. The van der Waals surface area contributed by atoms with E-state index in [1.54, 1.807) is 6.07 Å². The van der Waals surface area contributed by atoms with Crippen LogP contribution >= 0.6 is 12.4 Å². The first-order valence-electron chi connectivity index (χ1n) is 7.35. The van der Waals surface area contributed by atoms with Crippen molar-refractivity contribution >= 4 is 24.6 Å². The summed E-state index contributed by atoms with van der Waals surface area (Å²) < 4.78 is 43.1. The molecule has 1 aromatic carbocycles. The zero-order valence-electron chi connectivity index (χ0n) is 12.7. The first-order valence-corrected chi connectivity index (χ1v) is 7.35. The molecule has 1 aromatic heterocycles. The molecule has 1 heterocycles. The summed E-state index contributed by atoms with van der Waals surface area (Å²) in [7, 11) is 0. The highest BCUT2D eigenvalue weighted by atomic mass is 35.5. The summed E-state index contributed by atoms with van der Waals surface area (Å²) in [5.74, 6) is 0.688. The molecule has 0 spiro atoms. The molecule has 1 aliphatic carbocycles. The van der Waals surface area contributed by atoms with Gasteiger partial charge in [-0.25, -0.2) is 0 Å². The van der Waals surface area contributed by atoms with Crippen LogP contribution in [0.5, 0.6) is 0 Å². The van der Waals surface area contributed by atoms with Gasteiger partial charge in [0.2, 0.25) is 0 Å². The lowest BCUT2D eigenvalue weighted by Crippen LogP contribution is -2.34. The van der Waals surface area contributed by atoms with E-state index in [9.17, 15) is 13.2 Å². The van der Waals surface area contributed by atoms with Crippen LogP contribution in [0.25, 0.3) is 12.2 Å². The Hall–Kier alpha value is -1.86. The maximum Gasteiger partial charge on any atom is 0.416 e. The van der Waals surface area contributed by atoms with Crippen molar-refractivity contribution in [2.24, 2.45) is 5.73 Å². The van der Waals surface area contributed by atoms with Crippen molar-refractivity contribution in [3.05, 3.63) is 47.1 Å². The molecule has 1 saturated carbocycles. The molecule has 2 N–H and O–H groups in total. The molecule has 2 aromatic rings. The van der Waals surface area contributed by atoms with Gasteiger partial charge in [-0.15, -0.1) is 12.4 Å². The van der Waals surface area contributed by atoms with E-state index in [-0.39, 0.29) is 18.3 Å². The average molecular weight is 360 g/mol. The predicted octanol–water partition coefficient (Wildman–Crippen LogP) is 4.41. The highest BCUT2D eigenvalue weighted by molar-refractivity contribution is 5.85. The molecular weight excluding hydrogens is 343 g/mol. The lowest BCUT2D eigenvalue weighted by Gasteiger charge is -2.17. The molecule has 0 amide bonds. The van der Waals surface area contributed by atoms with Crippen LogP contribution in [0.3, 0.4) is 0 Å². The second kappa shape index (κ2) is 6.94. The standard InChI is InChI=1S/C16H16F3N3O.ClH/c17-16(18,19)12-5-3-4-11(10-12)6-7-13-21-14(22-23-13)15(20)8-1-2-9-15;/h3-7,10H,1-2,8-9,20H2;1H/b7-6+;. The zero-order chi connectivity index (χ0) is 16.5. The third kappa shape index (κ3) is 3.96. The molecule has 8 heteroatoms. The Bertz CT molecular complexity index is 721. The van der Waals surface area contributed by atoms with Crippen molar-refractivity contribution in [1.82, 2.24) is 10.1 Å². The molecule has 0 radical (unpaired) electrons. The van der Waals surface area contributed by atoms with Crippen molar-refractivity contribution in [1.29, 1.82) is 0 Å². The highest BCUT2D eigenvalue weighted by Crippen LogP contribution is 2.34. The van der Waals surface area contributed by atoms with E-state index < -0.39 is 17.3 Å². The highest BCUT2D eigenvalue weighted by Gasteiger charge is 2.35. The number of alkyl halides is 3. The molecule has 0 unspecified atom stereocenters. The minimum atomic E-state index is -4.37. The van der Waals surface area contributed by atoms with Gasteiger partial charge in [-0.3, -0.25) is 0 Å². The maximum atomic E-state index is 12.7. The number of nitrogens with two attached hydrogens (primary N) is 1. The summed E-state index contributed by atoms with van der Waals surface area (Å²) >= 11 is 0. The molecule has 1 fully saturated rings. The Labute approximate surface area is 143 Å². The van der Waals surface area contributed by atoms with Crippen molar-refractivity contribution in [2.45, 2.75) is 37.4 Å². The Morgan fingerprint density at radius 3 is 2.54 bits per heavy atom. The number of benzene rings is 1. The number of hydrogen-bond acceptors (Lipinski definition) is 4. The first-order chi connectivity index (χ1) is 10.9. The predicted molar refractivity (Wildman–Crippen MR) is 86.3 cm³/mol. The van der Waals surface area contributed by atoms with E-state index in [0.717, 1.165) is 37.8 Å². The van der Waals surface area contributed by atoms with E-state index >= 15 is 0 Å². The summed E-state index contributed by atoms with van der Waals surface area (Å²) in [6.07, 6.45) is 2.30.